The van der Waals surface area contributed by atoms with Crippen LogP contribution in [0.1, 0.15) is 57.8 Å². The first-order chi connectivity index (χ1) is 11.5. The molecule has 0 atom stereocenters. The van der Waals surface area contributed by atoms with Crippen molar-refractivity contribution in [1.29, 1.82) is 0 Å². The van der Waals surface area contributed by atoms with Crippen LogP contribution in [0.4, 0.5) is 11.4 Å². The van der Waals surface area contributed by atoms with E-state index in [9.17, 15) is 19.7 Å². The highest BCUT2D eigenvalue weighted by molar-refractivity contribution is 5.97. The van der Waals surface area contributed by atoms with Gasteiger partial charge in [0.1, 0.15) is 22.6 Å². The fraction of sp³-hybridized carbons (Fsp3) is 0.529. The van der Waals surface area contributed by atoms with E-state index in [0.29, 0.717) is 6.61 Å². The highest BCUT2D eigenvalue weighted by atomic mass is 16.6. The van der Waals surface area contributed by atoms with E-state index < -0.39 is 28.1 Å². The average molecular weight is 352 g/mol. The van der Waals surface area contributed by atoms with Gasteiger partial charge in [0, 0.05) is 19.1 Å². The minimum Gasteiger partial charge on any atom is -0.493 e. The van der Waals surface area contributed by atoms with Crippen molar-refractivity contribution in [2.45, 2.75) is 53.1 Å². The fourth-order valence-electron chi connectivity index (χ4n) is 1.95. The summed E-state index contributed by atoms with van der Waals surface area (Å²) >= 11 is 0. The summed E-state index contributed by atoms with van der Waals surface area (Å²) in [6.45, 7) is 8.65. The minimum atomic E-state index is -0.761. The number of benzene rings is 1. The van der Waals surface area contributed by atoms with Crippen LogP contribution in [0.3, 0.4) is 0 Å². The molecule has 8 nitrogen and oxygen atoms in total. The van der Waals surface area contributed by atoms with E-state index in [0.717, 1.165) is 18.9 Å². The summed E-state index contributed by atoms with van der Waals surface area (Å²) in [4.78, 5) is 34.3. The lowest BCUT2D eigenvalue weighted by Crippen LogP contribution is -2.24. The number of hydrogen-bond donors (Lipinski definition) is 1. The highest BCUT2D eigenvalue weighted by Crippen LogP contribution is 2.34. The van der Waals surface area contributed by atoms with Crippen molar-refractivity contribution in [2.24, 2.45) is 0 Å². The normalized spacial score (nSPS) is 10.9. The zero-order chi connectivity index (χ0) is 19.2. The second-order valence-corrected chi connectivity index (χ2v) is 6.51. The fourth-order valence-corrected chi connectivity index (χ4v) is 1.95. The summed E-state index contributed by atoms with van der Waals surface area (Å²) in [5.74, 6) is -1.05. The molecule has 0 bridgehead atoms. The van der Waals surface area contributed by atoms with Gasteiger partial charge in [-0.3, -0.25) is 14.9 Å². The molecule has 0 heterocycles. The van der Waals surface area contributed by atoms with Crippen LogP contribution in [0.15, 0.2) is 12.1 Å². The first-order valence-corrected chi connectivity index (χ1v) is 8.01. The van der Waals surface area contributed by atoms with E-state index in [2.05, 4.69) is 5.32 Å². The van der Waals surface area contributed by atoms with Crippen molar-refractivity contribution >= 4 is 23.3 Å². The topological polar surface area (TPSA) is 108 Å². The summed E-state index contributed by atoms with van der Waals surface area (Å²) in [5.41, 5.74) is -1.25. The van der Waals surface area contributed by atoms with Crippen LogP contribution in [0, 0.1) is 10.1 Å². The van der Waals surface area contributed by atoms with Crippen LogP contribution in [-0.2, 0) is 9.53 Å². The molecule has 0 aliphatic rings. The zero-order valence-corrected chi connectivity index (χ0v) is 15.2. The van der Waals surface area contributed by atoms with Crippen molar-refractivity contribution < 1.29 is 24.0 Å². The van der Waals surface area contributed by atoms with Crippen LogP contribution in [0.2, 0.25) is 0 Å². The van der Waals surface area contributed by atoms with Crippen molar-refractivity contribution in [2.75, 3.05) is 11.9 Å². The number of ether oxygens (including phenoxy) is 2. The third-order valence-electron chi connectivity index (χ3n) is 2.98. The Morgan fingerprint density at radius 2 is 1.92 bits per heavy atom. The largest absolute Gasteiger partial charge is 0.493 e. The van der Waals surface area contributed by atoms with Gasteiger partial charge in [-0.05, 0) is 27.2 Å². The second kappa shape index (κ2) is 8.46. The Labute approximate surface area is 146 Å². The van der Waals surface area contributed by atoms with Crippen LogP contribution >= 0.6 is 0 Å². The molecular formula is C17H24N2O6. The van der Waals surface area contributed by atoms with Gasteiger partial charge in [-0.25, -0.2) is 4.79 Å². The van der Waals surface area contributed by atoms with Gasteiger partial charge >= 0.3 is 5.97 Å². The number of hydrogen-bond acceptors (Lipinski definition) is 6. The molecule has 0 radical (unpaired) electrons. The monoisotopic (exact) mass is 352 g/mol. The number of carbonyl (C=O) groups is 2. The van der Waals surface area contributed by atoms with Crippen LogP contribution in [0.25, 0.3) is 0 Å². The SMILES string of the molecule is CCCCOc1cc(NC(C)=O)c([N+](=O)[O-])cc1C(=O)OC(C)(C)C. The third-order valence-corrected chi connectivity index (χ3v) is 2.98. The van der Waals surface area contributed by atoms with Crippen molar-refractivity contribution in [3.05, 3.63) is 27.8 Å². The third kappa shape index (κ3) is 6.40. The summed E-state index contributed by atoms with van der Waals surface area (Å²) in [6.07, 6.45) is 1.63. The van der Waals surface area contributed by atoms with E-state index in [1.165, 1.54) is 13.0 Å². The molecule has 1 N–H and O–H groups in total. The molecule has 1 amide bonds. The lowest BCUT2D eigenvalue weighted by Gasteiger charge is -2.21. The molecule has 8 heteroatoms. The molecule has 1 aromatic carbocycles. The van der Waals surface area contributed by atoms with Gasteiger partial charge in [-0.2, -0.15) is 0 Å². The highest BCUT2D eigenvalue weighted by Gasteiger charge is 2.27. The Hall–Kier alpha value is -2.64. The molecule has 0 saturated carbocycles. The van der Waals surface area contributed by atoms with Crippen molar-refractivity contribution in [3.63, 3.8) is 0 Å². The maximum atomic E-state index is 12.4. The maximum Gasteiger partial charge on any atom is 0.342 e. The second-order valence-electron chi connectivity index (χ2n) is 6.51. The first kappa shape index (κ1) is 20.4. The van der Waals surface area contributed by atoms with Crippen molar-refractivity contribution in [3.8, 4) is 5.75 Å². The molecule has 25 heavy (non-hydrogen) atoms. The van der Waals surface area contributed by atoms with Crippen molar-refractivity contribution in [1.82, 2.24) is 0 Å². The zero-order valence-electron chi connectivity index (χ0n) is 15.2. The van der Waals surface area contributed by atoms with E-state index >= 15 is 0 Å². The quantitative estimate of drug-likeness (QED) is 0.347. The van der Waals surface area contributed by atoms with Gasteiger partial charge in [-0.15, -0.1) is 0 Å². The molecular weight excluding hydrogens is 328 g/mol. The van der Waals surface area contributed by atoms with Crippen LogP contribution in [0.5, 0.6) is 5.75 Å². The summed E-state index contributed by atoms with van der Waals surface area (Å²) in [5, 5.41) is 13.7. The number of nitro groups is 1. The lowest BCUT2D eigenvalue weighted by atomic mass is 10.1. The number of rotatable bonds is 7. The number of esters is 1. The number of nitrogens with zero attached hydrogens (tertiary/aromatic N) is 1. The van der Waals surface area contributed by atoms with E-state index in [4.69, 9.17) is 9.47 Å². The molecule has 0 aliphatic carbocycles. The van der Waals surface area contributed by atoms with E-state index in [1.54, 1.807) is 20.8 Å². The van der Waals surface area contributed by atoms with E-state index in [1.807, 2.05) is 6.92 Å². The molecule has 138 valence electrons. The Morgan fingerprint density at radius 3 is 2.40 bits per heavy atom. The minimum absolute atomic E-state index is 0.0312. The molecule has 1 rings (SSSR count). The number of carbonyl (C=O) groups excluding carboxylic acids is 2. The molecule has 0 saturated heterocycles. The number of anilines is 1. The van der Waals surface area contributed by atoms with Gasteiger partial charge < -0.3 is 14.8 Å². The Bertz CT molecular complexity index is 664. The summed E-state index contributed by atoms with van der Waals surface area (Å²) in [7, 11) is 0. The molecule has 1 aromatic rings. The lowest BCUT2D eigenvalue weighted by molar-refractivity contribution is -0.384. The molecule has 0 spiro atoms. The Balaban J connectivity index is 3.38. The molecule has 0 fully saturated rings. The number of amides is 1. The summed E-state index contributed by atoms with van der Waals surface area (Å²) < 4.78 is 10.9. The Morgan fingerprint density at radius 1 is 1.28 bits per heavy atom. The smallest absolute Gasteiger partial charge is 0.342 e. The number of unbranched alkanes of at least 4 members (excludes halogenated alkanes) is 1. The molecule has 0 aromatic heterocycles. The first-order valence-electron chi connectivity index (χ1n) is 8.01. The standard InChI is InChI=1S/C17H24N2O6/c1-6-7-8-24-15-10-13(18-11(2)20)14(19(22)23)9-12(15)16(21)25-17(3,4)5/h9-10H,6-8H2,1-5H3,(H,18,20). The number of nitrogens with one attached hydrogen (secondary N) is 1. The van der Waals surface area contributed by atoms with Gasteiger partial charge in [-0.1, -0.05) is 13.3 Å². The average Bonchev–Trinajstić information content (AvgIpc) is 2.44. The predicted molar refractivity (Wildman–Crippen MR) is 93.0 cm³/mol. The number of nitro benzene ring substituents is 1. The van der Waals surface area contributed by atoms with Gasteiger partial charge in [0.05, 0.1) is 11.5 Å². The summed E-state index contributed by atoms with van der Waals surface area (Å²) in [6, 6.07) is 2.36. The molecule has 0 unspecified atom stereocenters. The predicted octanol–water partition coefficient (Wildman–Crippen LogP) is 3.69. The van der Waals surface area contributed by atoms with Crippen LogP contribution < -0.4 is 10.1 Å². The van der Waals surface area contributed by atoms with Crippen LogP contribution in [-0.4, -0.2) is 29.0 Å². The van der Waals surface area contributed by atoms with Gasteiger partial charge in [0.25, 0.3) is 5.69 Å². The van der Waals surface area contributed by atoms with E-state index in [-0.39, 0.29) is 17.0 Å². The maximum absolute atomic E-state index is 12.4. The van der Waals surface area contributed by atoms with Gasteiger partial charge in [0.15, 0.2) is 0 Å². The molecule has 0 aliphatic heterocycles. The Kier molecular flexibility index (Phi) is 6.90. The van der Waals surface area contributed by atoms with Gasteiger partial charge in [0.2, 0.25) is 5.91 Å².